The number of likely N-dealkylation sites (tertiary alicyclic amines) is 1. The van der Waals surface area contributed by atoms with Gasteiger partial charge in [-0.15, -0.1) is 0 Å². The van der Waals surface area contributed by atoms with Gasteiger partial charge in [0.2, 0.25) is 5.91 Å². The molecule has 0 bridgehead atoms. The fourth-order valence-electron chi connectivity index (χ4n) is 2.32. The van der Waals surface area contributed by atoms with E-state index in [0.29, 0.717) is 12.5 Å². The lowest BCUT2D eigenvalue weighted by Crippen LogP contribution is -2.33. The molecule has 2 aromatic rings. The minimum absolute atomic E-state index is 0.0271. The highest BCUT2D eigenvalue weighted by atomic mass is 19.4. The van der Waals surface area contributed by atoms with Gasteiger partial charge >= 0.3 is 12.1 Å². The van der Waals surface area contributed by atoms with E-state index in [1.807, 2.05) is 18.2 Å². The Labute approximate surface area is 139 Å². The molecule has 0 unspecified atom stereocenters. The summed E-state index contributed by atoms with van der Waals surface area (Å²) in [6, 6.07) is 5.49. The van der Waals surface area contributed by atoms with Gasteiger partial charge in [-0.2, -0.15) is 13.2 Å². The number of carbonyl (C=O) groups is 2. The molecule has 1 fully saturated rings. The number of aliphatic carboxylic acids is 1. The van der Waals surface area contributed by atoms with Gasteiger partial charge in [0.15, 0.2) is 5.95 Å². The van der Waals surface area contributed by atoms with Crippen LogP contribution < -0.4 is 11.5 Å². The number of fused-ring (bicyclic) bond motifs is 1. The van der Waals surface area contributed by atoms with Crippen molar-refractivity contribution in [2.24, 2.45) is 5.73 Å². The first-order valence-electron chi connectivity index (χ1n) is 7.16. The second-order valence-electron chi connectivity index (χ2n) is 5.43. The van der Waals surface area contributed by atoms with Gasteiger partial charge in [-0.3, -0.25) is 4.79 Å². The van der Waals surface area contributed by atoms with Crippen LogP contribution in [0.3, 0.4) is 0 Å². The molecule has 0 saturated carbocycles. The average molecular weight is 359 g/mol. The average Bonchev–Trinajstić information content (AvgIpc) is 3.02. The lowest BCUT2D eigenvalue weighted by molar-refractivity contribution is -0.192. The predicted octanol–water partition coefficient (Wildman–Crippen LogP) is 0.838. The number of alkyl halides is 3. The topological polar surface area (TPSA) is 138 Å². The number of benzene rings is 1. The number of aromatic amines is 1. The van der Waals surface area contributed by atoms with Gasteiger partial charge in [0, 0.05) is 13.1 Å². The van der Waals surface area contributed by atoms with Crippen LogP contribution in [0.25, 0.3) is 11.0 Å². The Morgan fingerprint density at radius 1 is 1.44 bits per heavy atom. The number of carboxylic acids is 1. The van der Waals surface area contributed by atoms with Crippen LogP contribution in [-0.2, 0) is 16.1 Å². The number of anilines is 1. The van der Waals surface area contributed by atoms with Gasteiger partial charge in [-0.25, -0.2) is 9.78 Å². The Kier molecular flexibility index (Phi) is 5.16. The van der Waals surface area contributed by atoms with Crippen molar-refractivity contribution < 1.29 is 27.9 Å². The first kappa shape index (κ1) is 18.5. The molecule has 0 aliphatic carbocycles. The van der Waals surface area contributed by atoms with Gasteiger partial charge in [0.25, 0.3) is 0 Å². The third-order valence-electron chi connectivity index (χ3n) is 3.52. The van der Waals surface area contributed by atoms with Gasteiger partial charge in [0.05, 0.1) is 17.1 Å². The van der Waals surface area contributed by atoms with Gasteiger partial charge in [-0.1, -0.05) is 6.07 Å². The summed E-state index contributed by atoms with van der Waals surface area (Å²) in [6.07, 6.45) is -4.35. The molecular formula is C14H16F3N5O3. The highest BCUT2D eigenvalue weighted by molar-refractivity contribution is 5.84. The van der Waals surface area contributed by atoms with Crippen LogP contribution in [-0.4, -0.2) is 50.6 Å². The van der Waals surface area contributed by atoms with Gasteiger partial charge in [0.1, 0.15) is 0 Å². The fraction of sp³-hybridized carbons (Fsp3) is 0.357. The maximum atomic E-state index is 11.7. The molecule has 1 amide bonds. The van der Waals surface area contributed by atoms with E-state index in [0.717, 1.165) is 29.6 Å². The van der Waals surface area contributed by atoms with Crippen molar-refractivity contribution in [3.8, 4) is 0 Å². The zero-order valence-electron chi connectivity index (χ0n) is 12.9. The number of amides is 1. The van der Waals surface area contributed by atoms with Crippen LogP contribution in [0.15, 0.2) is 18.2 Å². The third-order valence-corrected chi connectivity index (χ3v) is 3.52. The van der Waals surface area contributed by atoms with Crippen LogP contribution in [0.4, 0.5) is 19.1 Å². The number of nitrogens with one attached hydrogen (secondary N) is 1. The minimum Gasteiger partial charge on any atom is -0.475 e. The quantitative estimate of drug-likeness (QED) is 0.627. The van der Waals surface area contributed by atoms with Crippen LogP contribution >= 0.6 is 0 Å². The van der Waals surface area contributed by atoms with E-state index in [9.17, 15) is 18.0 Å². The second-order valence-corrected chi connectivity index (χ2v) is 5.43. The first-order valence-corrected chi connectivity index (χ1v) is 7.16. The van der Waals surface area contributed by atoms with Gasteiger partial charge in [-0.05, 0) is 24.1 Å². The van der Waals surface area contributed by atoms with E-state index in [2.05, 4.69) is 9.97 Å². The molecule has 11 heteroatoms. The van der Waals surface area contributed by atoms with E-state index < -0.39 is 12.1 Å². The highest BCUT2D eigenvalue weighted by Gasteiger charge is 2.38. The number of carbonyl (C=O) groups excluding carboxylic acids is 1. The lowest BCUT2D eigenvalue weighted by atomic mass is 10.2. The number of nitrogen functional groups attached to an aromatic ring is 1. The van der Waals surface area contributed by atoms with Crippen molar-refractivity contribution in [2.45, 2.75) is 25.2 Å². The summed E-state index contributed by atoms with van der Waals surface area (Å²) in [7, 11) is 0. The zero-order chi connectivity index (χ0) is 18.8. The molecule has 1 aliphatic heterocycles. The molecule has 1 saturated heterocycles. The molecule has 3 rings (SSSR count). The third kappa shape index (κ3) is 4.59. The van der Waals surface area contributed by atoms with Gasteiger partial charge < -0.3 is 26.5 Å². The smallest absolute Gasteiger partial charge is 0.475 e. The molecule has 25 heavy (non-hydrogen) atoms. The zero-order valence-corrected chi connectivity index (χ0v) is 12.9. The second kappa shape index (κ2) is 6.97. The Balaban J connectivity index is 0.000000277. The number of imidazole rings is 1. The Morgan fingerprint density at radius 3 is 2.60 bits per heavy atom. The predicted molar refractivity (Wildman–Crippen MR) is 82.2 cm³/mol. The van der Waals surface area contributed by atoms with E-state index in [1.54, 1.807) is 4.90 Å². The number of carboxylic acid groups (broad SMARTS) is 1. The monoisotopic (exact) mass is 359 g/mol. The molecule has 8 nitrogen and oxygen atoms in total. The van der Waals surface area contributed by atoms with Crippen molar-refractivity contribution in [1.82, 2.24) is 14.9 Å². The minimum atomic E-state index is -5.08. The number of H-pyrrole nitrogens is 1. The van der Waals surface area contributed by atoms with Crippen LogP contribution in [0.2, 0.25) is 0 Å². The van der Waals surface area contributed by atoms with Crippen LogP contribution in [0.1, 0.15) is 12.0 Å². The first-order chi connectivity index (χ1) is 11.6. The van der Waals surface area contributed by atoms with Crippen LogP contribution in [0, 0.1) is 0 Å². The van der Waals surface area contributed by atoms with E-state index >= 15 is 0 Å². The standard InChI is InChI=1S/C12H15N5O.C2HF3O2/c13-8-3-4-17(11(8)18)6-7-1-2-9-10(5-7)16-12(14)15-9;3-2(4,5)1(6)7/h1-2,5,8H,3-4,6,13H2,(H3,14,15,16);(H,6,7)/t8-;/m0./s1. The van der Waals surface area contributed by atoms with E-state index in [-0.39, 0.29) is 11.9 Å². The number of hydrogen-bond donors (Lipinski definition) is 4. The summed E-state index contributed by atoms with van der Waals surface area (Å²) in [4.78, 5) is 29.5. The number of rotatable bonds is 2. The summed E-state index contributed by atoms with van der Waals surface area (Å²) < 4.78 is 31.7. The van der Waals surface area contributed by atoms with E-state index in [4.69, 9.17) is 21.4 Å². The molecule has 6 N–H and O–H groups in total. The van der Waals surface area contributed by atoms with Crippen molar-refractivity contribution in [3.05, 3.63) is 23.8 Å². The molecular weight excluding hydrogens is 343 g/mol. The van der Waals surface area contributed by atoms with Crippen molar-refractivity contribution in [3.63, 3.8) is 0 Å². The molecule has 136 valence electrons. The summed E-state index contributed by atoms with van der Waals surface area (Å²) in [5.41, 5.74) is 14.1. The fourth-order valence-corrected chi connectivity index (χ4v) is 2.32. The van der Waals surface area contributed by atoms with Crippen molar-refractivity contribution in [2.75, 3.05) is 12.3 Å². The SMILES string of the molecule is Nc1nc2ccc(CN3CC[C@H](N)C3=O)cc2[nH]1.O=C(O)C(F)(F)F. The molecule has 2 heterocycles. The molecule has 0 radical (unpaired) electrons. The Hall–Kier alpha value is -2.82. The maximum Gasteiger partial charge on any atom is 0.490 e. The summed E-state index contributed by atoms with van der Waals surface area (Å²) in [5.74, 6) is -2.33. The Bertz CT molecular complexity index is 790. The molecule has 1 aromatic heterocycles. The number of aromatic nitrogens is 2. The largest absolute Gasteiger partial charge is 0.490 e. The number of halogens is 3. The number of nitrogens with zero attached hydrogens (tertiary/aromatic N) is 2. The number of hydrogen-bond acceptors (Lipinski definition) is 5. The summed E-state index contributed by atoms with van der Waals surface area (Å²) in [6.45, 7) is 1.31. The number of nitrogens with two attached hydrogens (primary N) is 2. The summed E-state index contributed by atoms with van der Waals surface area (Å²) in [5, 5.41) is 7.12. The molecule has 1 atom stereocenters. The maximum absolute atomic E-state index is 11.7. The highest BCUT2D eigenvalue weighted by Crippen LogP contribution is 2.18. The van der Waals surface area contributed by atoms with Crippen LogP contribution in [0.5, 0.6) is 0 Å². The normalized spacial score (nSPS) is 17.5. The Morgan fingerprint density at radius 2 is 2.08 bits per heavy atom. The van der Waals surface area contributed by atoms with E-state index in [1.165, 1.54) is 0 Å². The molecule has 1 aliphatic rings. The van der Waals surface area contributed by atoms with Crippen molar-refractivity contribution in [1.29, 1.82) is 0 Å². The molecule has 1 aromatic carbocycles. The summed E-state index contributed by atoms with van der Waals surface area (Å²) >= 11 is 0. The van der Waals surface area contributed by atoms with Crippen molar-refractivity contribution >= 4 is 28.9 Å². The molecule has 0 spiro atoms. The lowest BCUT2D eigenvalue weighted by Gasteiger charge is -2.15.